The van der Waals surface area contributed by atoms with Crippen LogP contribution in [0, 0.1) is 11.8 Å². The minimum Gasteiger partial charge on any atom is -0.390 e. The number of aliphatic hydroxyl groups is 1. The van der Waals surface area contributed by atoms with E-state index in [0.29, 0.717) is 24.8 Å². The van der Waals surface area contributed by atoms with Gasteiger partial charge in [0.15, 0.2) is 9.84 Å². The number of β-amino-alcohol motifs (C(OH)–C–C–N with tert-alkyl or cyclic N) is 1. The Morgan fingerprint density at radius 1 is 1.04 bits per heavy atom. The maximum atomic E-state index is 14.1. The minimum absolute atomic E-state index is 0.0712. The first-order valence-electron chi connectivity index (χ1n) is 16.4. The van der Waals surface area contributed by atoms with Crippen LogP contribution in [-0.4, -0.2) is 95.0 Å². The maximum Gasteiger partial charge on any atom is 0.263 e. The highest BCUT2D eigenvalue weighted by atomic mass is 32.2. The Morgan fingerprint density at radius 3 is 2.30 bits per heavy atom. The van der Waals surface area contributed by atoms with E-state index in [4.69, 9.17) is 0 Å². The van der Waals surface area contributed by atoms with Gasteiger partial charge in [0.25, 0.3) is 5.91 Å². The summed E-state index contributed by atoms with van der Waals surface area (Å²) in [5.74, 6) is -0.537. The summed E-state index contributed by atoms with van der Waals surface area (Å²) in [5.41, 5.74) is 1.92. The molecule has 1 aliphatic heterocycles. The molecular weight excluding hydrogens is 639 g/mol. The molecule has 0 bridgehead atoms. The van der Waals surface area contributed by atoms with Gasteiger partial charge < -0.3 is 21.1 Å². The summed E-state index contributed by atoms with van der Waals surface area (Å²) in [7, 11) is -3.84. The fourth-order valence-electron chi connectivity index (χ4n) is 6.71. The molecule has 11 nitrogen and oxygen atoms in total. The van der Waals surface area contributed by atoms with E-state index >= 15 is 0 Å². The molecule has 13 heteroatoms. The van der Waals surface area contributed by atoms with Crippen LogP contribution in [0.5, 0.6) is 0 Å². The second-order valence-corrected chi connectivity index (χ2v) is 18.3. The van der Waals surface area contributed by atoms with E-state index in [1.807, 2.05) is 51.1 Å². The number of rotatable bonds is 12. The van der Waals surface area contributed by atoms with Crippen molar-refractivity contribution in [3.05, 3.63) is 52.5 Å². The molecule has 2 aromatic rings. The molecule has 4 rings (SSSR count). The van der Waals surface area contributed by atoms with Crippen LogP contribution >= 0.6 is 11.3 Å². The predicted octanol–water partition coefficient (Wildman–Crippen LogP) is 2.95. The fraction of sp³-hybridized carbons (Fsp3) is 0.647. The minimum atomic E-state index is -3.84. The lowest BCUT2D eigenvalue weighted by molar-refractivity contribution is -0.133. The van der Waals surface area contributed by atoms with Crippen LogP contribution in [0.2, 0.25) is 0 Å². The number of thiazole rings is 1. The Morgan fingerprint density at radius 2 is 1.70 bits per heavy atom. The molecule has 1 aromatic heterocycles. The van der Waals surface area contributed by atoms with Crippen LogP contribution in [-0.2, 0) is 25.8 Å². The largest absolute Gasteiger partial charge is 0.390 e. The molecule has 1 aromatic carbocycles. The first-order valence-corrected chi connectivity index (χ1v) is 19.2. The van der Waals surface area contributed by atoms with Crippen LogP contribution in [0.4, 0.5) is 0 Å². The number of hydrogen-bond acceptors (Lipinski definition) is 9. The number of nitrogens with one attached hydrogen (secondary N) is 3. The van der Waals surface area contributed by atoms with Gasteiger partial charge in [0, 0.05) is 24.9 Å². The van der Waals surface area contributed by atoms with Gasteiger partial charge in [0.1, 0.15) is 10.9 Å². The molecule has 2 unspecified atom stereocenters. The Balaban J connectivity index is 1.62. The number of piperidine rings is 1. The van der Waals surface area contributed by atoms with E-state index in [1.54, 1.807) is 0 Å². The molecule has 260 valence electrons. The van der Waals surface area contributed by atoms with E-state index < -0.39 is 56.2 Å². The zero-order valence-corrected chi connectivity index (χ0v) is 30.0. The summed E-state index contributed by atoms with van der Waals surface area (Å²) in [6, 6.07) is 6.65. The van der Waals surface area contributed by atoms with Crippen molar-refractivity contribution in [1.29, 1.82) is 0 Å². The molecule has 0 spiro atoms. The van der Waals surface area contributed by atoms with Gasteiger partial charge in [-0.3, -0.25) is 24.3 Å². The van der Waals surface area contributed by atoms with Gasteiger partial charge >= 0.3 is 0 Å². The molecular formula is C34H51N5O6S2. The molecule has 0 radical (unpaired) electrons. The SMILES string of the molecule is CC(C)(C)NC(=O)[C@@H]1CC2CCCCC2CN1C[C@@H](O)[C@H](Cc1ccccc1)NC(=O)[C@@H](NC(=O)c1cncs1)C(C)(C)S(C)(=O)=O. The van der Waals surface area contributed by atoms with E-state index in [-0.39, 0.29) is 23.7 Å². The zero-order valence-electron chi connectivity index (χ0n) is 28.4. The summed E-state index contributed by atoms with van der Waals surface area (Å²) in [5, 5.41) is 20.5. The fourth-order valence-corrected chi connectivity index (χ4v) is 7.83. The zero-order chi connectivity index (χ0) is 34.6. The standard InChI is InChI=1S/C34H51N5O6S2/c1-33(2,3)38-30(41)26-17-23-14-10-11-15-24(23)19-39(26)20-27(40)25(16-22-12-8-7-9-13-22)36-32(43)29(34(4,5)47(6,44)45)37-31(42)28-18-35-21-46-28/h7-9,12-13,18,21,23-27,29,40H,10-11,14-17,19-20H2,1-6H3,(H,36,43)(H,37,42)(H,38,41)/t23?,24?,25-,26-,27+,29+/m0/s1. The van der Waals surface area contributed by atoms with Crippen LogP contribution < -0.4 is 16.0 Å². The number of sulfone groups is 1. The van der Waals surface area contributed by atoms with E-state index in [0.717, 1.165) is 48.8 Å². The number of fused-ring (bicyclic) bond motifs is 1. The van der Waals surface area contributed by atoms with Crippen LogP contribution in [0.3, 0.4) is 0 Å². The highest BCUT2D eigenvalue weighted by Crippen LogP contribution is 2.39. The summed E-state index contributed by atoms with van der Waals surface area (Å²) in [6.07, 6.45) is 6.72. The highest BCUT2D eigenvalue weighted by Gasteiger charge is 2.46. The summed E-state index contributed by atoms with van der Waals surface area (Å²) >= 11 is 1.07. The average Bonchev–Trinajstić information content (AvgIpc) is 3.53. The molecule has 1 saturated heterocycles. The number of carbonyl (C=O) groups is 3. The van der Waals surface area contributed by atoms with E-state index in [1.165, 1.54) is 25.6 Å². The van der Waals surface area contributed by atoms with Gasteiger partial charge in [-0.25, -0.2) is 8.42 Å². The second kappa shape index (κ2) is 15.1. The first-order chi connectivity index (χ1) is 22.0. The van der Waals surface area contributed by atoms with E-state index in [2.05, 4.69) is 25.8 Å². The predicted molar refractivity (Wildman–Crippen MR) is 184 cm³/mol. The van der Waals surface area contributed by atoms with Gasteiger partial charge in [-0.1, -0.05) is 49.6 Å². The normalized spacial score (nSPS) is 22.7. The summed E-state index contributed by atoms with van der Waals surface area (Å²) < 4.78 is 24.2. The number of nitrogens with zero attached hydrogens (tertiary/aromatic N) is 2. The summed E-state index contributed by atoms with van der Waals surface area (Å²) in [4.78, 5) is 47.0. The first kappa shape index (κ1) is 37.0. The van der Waals surface area contributed by atoms with Crippen LogP contribution in [0.25, 0.3) is 0 Å². The quantitative estimate of drug-likeness (QED) is 0.265. The molecule has 1 saturated carbocycles. The third-order valence-corrected chi connectivity index (χ3v) is 12.6. The number of aromatic nitrogens is 1. The Hall–Kier alpha value is -2.87. The monoisotopic (exact) mass is 689 g/mol. The number of benzene rings is 1. The molecule has 3 amide bonds. The topological polar surface area (TPSA) is 158 Å². The number of aliphatic hydroxyl groups excluding tert-OH is 1. The van der Waals surface area contributed by atoms with Crippen molar-refractivity contribution < 1.29 is 27.9 Å². The van der Waals surface area contributed by atoms with Gasteiger partial charge in [-0.05, 0) is 71.3 Å². The van der Waals surface area contributed by atoms with Crippen LogP contribution in [0.1, 0.15) is 82.0 Å². The molecule has 1 aliphatic carbocycles. The third kappa shape index (κ3) is 9.61. The van der Waals surface area contributed by atoms with Crippen molar-refractivity contribution in [2.75, 3.05) is 19.3 Å². The van der Waals surface area contributed by atoms with Crippen molar-refractivity contribution in [1.82, 2.24) is 25.8 Å². The number of hydrogen-bond donors (Lipinski definition) is 4. The lowest BCUT2D eigenvalue weighted by Crippen LogP contribution is -2.64. The number of carbonyl (C=O) groups excluding carboxylic acids is 3. The van der Waals surface area contributed by atoms with E-state index in [9.17, 15) is 27.9 Å². The molecule has 2 heterocycles. The van der Waals surface area contributed by atoms with Crippen molar-refractivity contribution in [3.63, 3.8) is 0 Å². The van der Waals surface area contributed by atoms with Crippen LogP contribution in [0.15, 0.2) is 42.0 Å². The Labute approximate surface area is 283 Å². The number of amides is 3. The molecule has 4 N–H and O–H groups in total. The Kier molecular flexibility index (Phi) is 11.9. The average molecular weight is 690 g/mol. The lowest BCUT2D eigenvalue weighted by Gasteiger charge is -2.47. The molecule has 47 heavy (non-hydrogen) atoms. The third-order valence-electron chi connectivity index (χ3n) is 9.66. The van der Waals surface area contributed by atoms with Gasteiger partial charge in [0.05, 0.1) is 34.6 Å². The Bertz CT molecular complexity index is 1480. The van der Waals surface area contributed by atoms with Gasteiger partial charge in [-0.15, -0.1) is 11.3 Å². The van der Waals surface area contributed by atoms with Crippen molar-refractivity contribution >= 4 is 38.9 Å². The smallest absolute Gasteiger partial charge is 0.263 e. The lowest BCUT2D eigenvalue weighted by atomic mass is 9.72. The highest BCUT2D eigenvalue weighted by molar-refractivity contribution is 7.92. The van der Waals surface area contributed by atoms with Gasteiger partial charge in [-0.2, -0.15) is 0 Å². The van der Waals surface area contributed by atoms with Crippen molar-refractivity contribution in [3.8, 4) is 0 Å². The second-order valence-electron chi connectivity index (χ2n) is 14.8. The van der Waals surface area contributed by atoms with Crippen molar-refractivity contribution in [2.45, 2.75) is 108 Å². The summed E-state index contributed by atoms with van der Waals surface area (Å²) in [6.45, 7) is 9.45. The number of likely N-dealkylation sites (tertiary alicyclic amines) is 1. The molecule has 6 atom stereocenters. The van der Waals surface area contributed by atoms with Crippen molar-refractivity contribution in [2.24, 2.45) is 11.8 Å². The molecule has 2 aliphatic rings. The van der Waals surface area contributed by atoms with Gasteiger partial charge in [0.2, 0.25) is 11.8 Å². The molecule has 2 fully saturated rings. The maximum absolute atomic E-state index is 14.1.